The number of aromatic nitrogens is 2. The number of aryl methyl sites for hydroxylation is 1. The SMILES string of the molecule is CC(C)C(=O)Nc1cc(C(=O)O)nn1C. The minimum atomic E-state index is -1.12. The second kappa shape index (κ2) is 4.12. The Bertz CT molecular complexity index is 395. The molecular formula is C9H13N3O3. The highest BCUT2D eigenvalue weighted by Gasteiger charge is 2.14. The summed E-state index contributed by atoms with van der Waals surface area (Å²) < 4.78 is 1.32. The van der Waals surface area contributed by atoms with Gasteiger partial charge in [0.1, 0.15) is 5.82 Å². The van der Waals surface area contributed by atoms with E-state index in [0.29, 0.717) is 5.82 Å². The molecule has 1 amide bonds. The molecular weight excluding hydrogens is 198 g/mol. The van der Waals surface area contributed by atoms with E-state index in [1.54, 1.807) is 20.9 Å². The van der Waals surface area contributed by atoms with Crippen molar-refractivity contribution in [2.75, 3.05) is 5.32 Å². The van der Waals surface area contributed by atoms with Gasteiger partial charge in [-0.3, -0.25) is 9.48 Å². The number of hydrogen-bond acceptors (Lipinski definition) is 3. The number of carboxylic acids is 1. The Morgan fingerprint density at radius 1 is 1.53 bits per heavy atom. The van der Waals surface area contributed by atoms with Crippen molar-refractivity contribution in [1.29, 1.82) is 0 Å². The fourth-order valence-corrected chi connectivity index (χ4v) is 0.959. The minimum absolute atomic E-state index is 0.0865. The van der Waals surface area contributed by atoms with Gasteiger partial charge in [0.05, 0.1) is 0 Å². The molecule has 0 radical (unpaired) electrons. The van der Waals surface area contributed by atoms with E-state index in [1.165, 1.54) is 10.7 Å². The molecule has 1 heterocycles. The Hall–Kier alpha value is -1.85. The maximum atomic E-state index is 11.3. The van der Waals surface area contributed by atoms with Crippen LogP contribution in [0, 0.1) is 5.92 Å². The summed E-state index contributed by atoms with van der Waals surface area (Å²) in [6, 6.07) is 1.32. The first-order valence-electron chi connectivity index (χ1n) is 4.50. The predicted octanol–water partition coefficient (Wildman–Crippen LogP) is 0.713. The molecule has 0 unspecified atom stereocenters. The molecule has 0 saturated carbocycles. The first-order valence-corrected chi connectivity index (χ1v) is 4.50. The molecule has 0 bridgehead atoms. The van der Waals surface area contributed by atoms with E-state index in [-0.39, 0.29) is 17.5 Å². The second-order valence-electron chi connectivity index (χ2n) is 3.49. The highest BCUT2D eigenvalue weighted by atomic mass is 16.4. The summed E-state index contributed by atoms with van der Waals surface area (Å²) >= 11 is 0. The number of nitrogens with zero attached hydrogens (tertiary/aromatic N) is 2. The molecule has 1 aromatic heterocycles. The Morgan fingerprint density at radius 3 is 2.53 bits per heavy atom. The van der Waals surface area contributed by atoms with Crippen molar-refractivity contribution in [3.05, 3.63) is 11.8 Å². The molecule has 6 heteroatoms. The summed E-state index contributed by atoms with van der Waals surface area (Å²) in [4.78, 5) is 21.9. The van der Waals surface area contributed by atoms with Crippen molar-refractivity contribution < 1.29 is 14.7 Å². The lowest BCUT2D eigenvalue weighted by molar-refractivity contribution is -0.118. The van der Waals surface area contributed by atoms with Crippen molar-refractivity contribution in [2.24, 2.45) is 13.0 Å². The van der Waals surface area contributed by atoms with Gasteiger partial charge in [0.25, 0.3) is 0 Å². The van der Waals surface area contributed by atoms with Crippen LogP contribution in [0.15, 0.2) is 6.07 Å². The van der Waals surface area contributed by atoms with Crippen LogP contribution in [0.2, 0.25) is 0 Å². The van der Waals surface area contributed by atoms with Crippen molar-refractivity contribution in [3.8, 4) is 0 Å². The summed E-state index contributed by atoms with van der Waals surface area (Å²) in [6.07, 6.45) is 0. The lowest BCUT2D eigenvalue weighted by atomic mass is 10.2. The van der Waals surface area contributed by atoms with Crippen LogP contribution >= 0.6 is 0 Å². The van der Waals surface area contributed by atoms with Crippen LogP contribution < -0.4 is 5.32 Å². The van der Waals surface area contributed by atoms with E-state index >= 15 is 0 Å². The van der Waals surface area contributed by atoms with Crippen LogP contribution in [-0.2, 0) is 11.8 Å². The molecule has 0 aliphatic heterocycles. The topological polar surface area (TPSA) is 84.2 Å². The average Bonchev–Trinajstić information content (AvgIpc) is 2.47. The minimum Gasteiger partial charge on any atom is -0.476 e. The summed E-state index contributed by atoms with van der Waals surface area (Å²) in [5.41, 5.74) is -0.0865. The highest BCUT2D eigenvalue weighted by Crippen LogP contribution is 2.10. The summed E-state index contributed by atoms with van der Waals surface area (Å²) in [7, 11) is 1.57. The number of amides is 1. The van der Waals surface area contributed by atoms with E-state index in [9.17, 15) is 9.59 Å². The van der Waals surface area contributed by atoms with E-state index < -0.39 is 5.97 Å². The number of anilines is 1. The predicted molar refractivity (Wildman–Crippen MR) is 53.6 cm³/mol. The molecule has 15 heavy (non-hydrogen) atoms. The zero-order chi connectivity index (χ0) is 11.6. The largest absolute Gasteiger partial charge is 0.476 e. The number of carboxylic acid groups (broad SMARTS) is 1. The van der Waals surface area contributed by atoms with Crippen molar-refractivity contribution in [2.45, 2.75) is 13.8 Å². The van der Waals surface area contributed by atoms with Gasteiger partial charge in [0, 0.05) is 19.0 Å². The molecule has 1 aromatic rings. The molecule has 0 aliphatic rings. The molecule has 6 nitrogen and oxygen atoms in total. The Morgan fingerprint density at radius 2 is 2.13 bits per heavy atom. The third-order valence-electron chi connectivity index (χ3n) is 1.87. The van der Waals surface area contributed by atoms with Crippen molar-refractivity contribution in [1.82, 2.24) is 9.78 Å². The van der Waals surface area contributed by atoms with Gasteiger partial charge in [-0.25, -0.2) is 4.79 Å². The number of nitrogens with one attached hydrogen (secondary N) is 1. The fraction of sp³-hybridized carbons (Fsp3) is 0.444. The normalized spacial score (nSPS) is 10.4. The van der Waals surface area contributed by atoms with E-state index in [4.69, 9.17) is 5.11 Å². The van der Waals surface area contributed by atoms with Gasteiger partial charge in [0.15, 0.2) is 5.69 Å². The monoisotopic (exact) mass is 211 g/mol. The molecule has 82 valence electrons. The van der Waals surface area contributed by atoms with Crippen LogP contribution in [0.1, 0.15) is 24.3 Å². The van der Waals surface area contributed by atoms with E-state index in [2.05, 4.69) is 10.4 Å². The molecule has 0 aromatic carbocycles. The molecule has 1 rings (SSSR count). The van der Waals surface area contributed by atoms with Crippen molar-refractivity contribution >= 4 is 17.7 Å². The number of rotatable bonds is 3. The third kappa shape index (κ3) is 2.55. The van der Waals surface area contributed by atoms with Gasteiger partial charge in [0.2, 0.25) is 5.91 Å². The van der Waals surface area contributed by atoms with E-state index in [0.717, 1.165) is 0 Å². The first-order chi connectivity index (χ1) is 6.91. The first kappa shape index (κ1) is 11.2. The maximum absolute atomic E-state index is 11.3. The summed E-state index contributed by atoms with van der Waals surface area (Å²) in [5, 5.41) is 15.0. The van der Waals surface area contributed by atoms with Crippen LogP contribution in [0.4, 0.5) is 5.82 Å². The van der Waals surface area contributed by atoms with Crippen molar-refractivity contribution in [3.63, 3.8) is 0 Å². The smallest absolute Gasteiger partial charge is 0.356 e. The van der Waals surface area contributed by atoms with Gasteiger partial charge in [-0.2, -0.15) is 5.10 Å². The fourth-order valence-electron chi connectivity index (χ4n) is 0.959. The molecule has 0 fully saturated rings. The number of aromatic carboxylic acids is 1. The molecule has 0 spiro atoms. The summed E-state index contributed by atoms with van der Waals surface area (Å²) in [6.45, 7) is 3.51. The zero-order valence-corrected chi connectivity index (χ0v) is 8.81. The maximum Gasteiger partial charge on any atom is 0.356 e. The highest BCUT2D eigenvalue weighted by molar-refractivity contribution is 5.93. The van der Waals surface area contributed by atoms with Gasteiger partial charge < -0.3 is 10.4 Å². The molecule has 2 N–H and O–H groups in total. The number of carbonyl (C=O) groups excluding carboxylic acids is 1. The molecule has 0 saturated heterocycles. The molecule has 0 atom stereocenters. The lowest BCUT2D eigenvalue weighted by Gasteiger charge is -2.06. The standard InChI is InChI=1S/C9H13N3O3/c1-5(2)8(13)10-7-4-6(9(14)15)11-12(7)3/h4-5H,1-3H3,(H,10,13)(H,14,15). The van der Waals surface area contributed by atoms with Crippen LogP contribution in [-0.4, -0.2) is 26.8 Å². The summed E-state index contributed by atoms with van der Waals surface area (Å²) in [5.74, 6) is -1.06. The van der Waals surface area contributed by atoms with Gasteiger partial charge in [-0.05, 0) is 0 Å². The van der Waals surface area contributed by atoms with Crippen LogP contribution in [0.3, 0.4) is 0 Å². The Balaban J connectivity index is 2.86. The quantitative estimate of drug-likeness (QED) is 0.771. The van der Waals surface area contributed by atoms with Gasteiger partial charge in [-0.15, -0.1) is 0 Å². The van der Waals surface area contributed by atoms with Gasteiger partial charge in [-0.1, -0.05) is 13.8 Å². The number of hydrogen-bond donors (Lipinski definition) is 2. The van der Waals surface area contributed by atoms with E-state index in [1.807, 2.05) is 0 Å². The number of carbonyl (C=O) groups is 2. The third-order valence-corrected chi connectivity index (χ3v) is 1.87. The zero-order valence-electron chi connectivity index (χ0n) is 8.81. The van der Waals surface area contributed by atoms with Gasteiger partial charge >= 0.3 is 5.97 Å². The van der Waals surface area contributed by atoms with Crippen LogP contribution in [0.25, 0.3) is 0 Å². The average molecular weight is 211 g/mol. The lowest BCUT2D eigenvalue weighted by Crippen LogP contribution is -2.19. The Labute approximate surface area is 86.9 Å². The molecule has 0 aliphatic carbocycles. The van der Waals surface area contributed by atoms with Crippen LogP contribution in [0.5, 0.6) is 0 Å². The Kier molecular flexibility index (Phi) is 3.08. The second-order valence-corrected chi connectivity index (χ2v) is 3.49.